The minimum Gasteiger partial charge on any atom is -0.365 e. The summed E-state index contributed by atoms with van der Waals surface area (Å²) in [6.45, 7) is 6.29. The first-order valence-corrected chi connectivity index (χ1v) is 13.2. The average Bonchev–Trinajstić information content (AvgIpc) is 2.92. The van der Waals surface area contributed by atoms with Crippen LogP contribution in [0, 0.1) is 25.6 Å². The van der Waals surface area contributed by atoms with Crippen molar-refractivity contribution in [2.75, 3.05) is 37.7 Å². The first kappa shape index (κ1) is 24.3. The number of carbonyl (C=O) groups excluding carboxylic acids is 1. The fraction of sp³-hybridized carbons (Fsp3) is 0.481. The Labute approximate surface area is 219 Å². The largest absolute Gasteiger partial charge is 0.365 e. The molecule has 0 radical (unpaired) electrons. The third kappa shape index (κ3) is 4.08. The lowest BCUT2D eigenvalue weighted by Crippen LogP contribution is -2.60. The fourth-order valence-electron chi connectivity index (χ4n) is 5.77. The SMILES string of the molecule is Cc1nc2c(-c3ccc(Cl)cc3F)nc(N3CCN(C(=O)C45CCC(CC4)CO5)CC3)cn2c(=O)c1C. The minimum atomic E-state index is -0.661. The molecule has 0 spiro atoms. The van der Waals surface area contributed by atoms with E-state index in [1.54, 1.807) is 32.2 Å². The summed E-state index contributed by atoms with van der Waals surface area (Å²) < 4.78 is 22.5. The van der Waals surface area contributed by atoms with Crippen molar-refractivity contribution >= 4 is 29.0 Å². The van der Waals surface area contributed by atoms with Gasteiger partial charge in [-0.3, -0.25) is 14.0 Å². The van der Waals surface area contributed by atoms with Crippen molar-refractivity contribution in [3.8, 4) is 11.3 Å². The van der Waals surface area contributed by atoms with E-state index in [-0.39, 0.29) is 33.4 Å². The van der Waals surface area contributed by atoms with Gasteiger partial charge in [-0.15, -0.1) is 0 Å². The zero-order valence-corrected chi connectivity index (χ0v) is 21.7. The van der Waals surface area contributed by atoms with Crippen molar-refractivity contribution in [1.82, 2.24) is 19.3 Å². The lowest BCUT2D eigenvalue weighted by atomic mass is 9.75. The molecular formula is C27H29ClFN5O3. The van der Waals surface area contributed by atoms with Crippen LogP contribution >= 0.6 is 11.6 Å². The van der Waals surface area contributed by atoms with Crippen LogP contribution in [-0.2, 0) is 9.53 Å². The molecule has 0 atom stereocenters. The van der Waals surface area contributed by atoms with Gasteiger partial charge in [0.2, 0.25) is 0 Å². The minimum absolute atomic E-state index is 0.0900. The highest BCUT2D eigenvalue weighted by molar-refractivity contribution is 6.30. The molecule has 1 amide bonds. The Morgan fingerprint density at radius 1 is 1.14 bits per heavy atom. The van der Waals surface area contributed by atoms with E-state index >= 15 is 0 Å². The number of amides is 1. The van der Waals surface area contributed by atoms with E-state index in [4.69, 9.17) is 21.3 Å². The molecule has 37 heavy (non-hydrogen) atoms. The molecule has 3 saturated heterocycles. The molecular weight excluding hydrogens is 497 g/mol. The van der Waals surface area contributed by atoms with Gasteiger partial charge in [0.1, 0.15) is 22.9 Å². The molecule has 3 aromatic rings. The Bertz CT molecular complexity index is 1440. The highest BCUT2D eigenvalue weighted by Crippen LogP contribution is 2.42. The Morgan fingerprint density at radius 3 is 2.51 bits per heavy atom. The summed E-state index contributed by atoms with van der Waals surface area (Å²) in [7, 11) is 0. The lowest BCUT2D eigenvalue weighted by Gasteiger charge is -2.48. The van der Waals surface area contributed by atoms with Crippen molar-refractivity contribution in [1.29, 1.82) is 0 Å². The Morgan fingerprint density at radius 2 is 1.86 bits per heavy atom. The first-order valence-electron chi connectivity index (χ1n) is 12.8. The van der Waals surface area contributed by atoms with Gasteiger partial charge >= 0.3 is 0 Å². The number of nitrogens with zero attached hydrogens (tertiary/aromatic N) is 5. The summed E-state index contributed by atoms with van der Waals surface area (Å²) in [6, 6.07) is 4.38. The zero-order valence-electron chi connectivity index (χ0n) is 21.0. The van der Waals surface area contributed by atoms with Crippen LogP contribution in [0.25, 0.3) is 16.9 Å². The number of hydrogen-bond donors (Lipinski definition) is 0. The van der Waals surface area contributed by atoms with E-state index in [9.17, 15) is 14.0 Å². The normalized spacial score (nSPS) is 23.6. The fourth-order valence-corrected chi connectivity index (χ4v) is 5.93. The average molecular weight is 526 g/mol. The third-order valence-electron chi connectivity index (χ3n) is 8.24. The number of rotatable bonds is 3. The molecule has 0 unspecified atom stereocenters. The van der Waals surface area contributed by atoms with Gasteiger partial charge in [0.15, 0.2) is 5.65 Å². The summed E-state index contributed by atoms with van der Waals surface area (Å²) in [5.41, 5.74) is 0.991. The summed E-state index contributed by atoms with van der Waals surface area (Å²) >= 11 is 5.98. The zero-order chi connectivity index (χ0) is 25.9. The monoisotopic (exact) mass is 525 g/mol. The molecule has 2 bridgehead atoms. The van der Waals surface area contributed by atoms with E-state index in [0.29, 0.717) is 55.8 Å². The van der Waals surface area contributed by atoms with Crippen LogP contribution in [0.5, 0.6) is 0 Å². The van der Waals surface area contributed by atoms with Crippen molar-refractivity contribution in [2.24, 2.45) is 5.92 Å². The van der Waals surface area contributed by atoms with E-state index in [1.807, 2.05) is 9.80 Å². The van der Waals surface area contributed by atoms with E-state index in [2.05, 4.69) is 4.98 Å². The third-order valence-corrected chi connectivity index (χ3v) is 8.48. The number of aryl methyl sites for hydroxylation is 1. The maximum atomic E-state index is 15.0. The maximum Gasteiger partial charge on any atom is 0.261 e. The molecule has 3 aliphatic heterocycles. The molecule has 194 valence electrons. The molecule has 4 fully saturated rings. The molecule has 1 aromatic carbocycles. The summed E-state index contributed by atoms with van der Waals surface area (Å²) in [4.78, 5) is 39.9. The predicted molar refractivity (Wildman–Crippen MR) is 139 cm³/mol. The molecule has 1 saturated carbocycles. The number of piperazine rings is 1. The van der Waals surface area contributed by atoms with E-state index in [1.165, 1.54) is 10.5 Å². The van der Waals surface area contributed by atoms with Gasteiger partial charge in [-0.05, 0) is 63.6 Å². The molecule has 4 aliphatic rings. The van der Waals surface area contributed by atoms with Crippen LogP contribution in [0.15, 0.2) is 29.2 Å². The number of benzene rings is 1. The smallest absolute Gasteiger partial charge is 0.261 e. The highest BCUT2D eigenvalue weighted by atomic mass is 35.5. The number of halogens is 2. The molecule has 10 heteroatoms. The number of anilines is 1. The standard InChI is InChI=1S/C27H29ClFN5O3/c1-16-17(2)30-24-23(20-4-3-19(28)13-21(20)29)31-22(14-34(24)25(16)35)32-9-11-33(12-10-32)26(36)27-7-5-18(6-8-27)15-37-27/h3-4,13-14,18H,5-12,15H2,1-2H3. The number of carbonyl (C=O) groups is 1. The Balaban J connectivity index is 1.33. The van der Waals surface area contributed by atoms with Crippen molar-refractivity contribution < 1.29 is 13.9 Å². The predicted octanol–water partition coefficient (Wildman–Crippen LogP) is 3.77. The van der Waals surface area contributed by atoms with Crippen LogP contribution in [-0.4, -0.2) is 63.6 Å². The summed E-state index contributed by atoms with van der Waals surface area (Å²) in [5.74, 6) is 0.676. The van der Waals surface area contributed by atoms with Crippen LogP contribution in [0.1, 0.15) is 36.9 Å². The molecule has 0 N–H and O–H groups in total. The molecule has 2 aromatic heterocycles. The van der Waals surface area contributed by atoms with Gasteiger partial charge in [0.05, 0.1) is 12.8 Å². The van der Waals surface area contributed by atoms with Crippen LogP contribution in [0.3, 0.4) is 0 Å². The summed E-state index contributed by atoms with van der Waals surface area (Å²) in [6.07, 6.45) is 5.37. The Hall–Kier alpha value is -3.04. The number of ether oxygens (including phenoxy) is 1. The van der Waals surface area contributed by atoms with Crippen LogP contribution < -0.4 is 10.5 Å². The molecule has 7 rings (SSSR count). The second-order valence-electron chi connectivity index (χ2n) is 10.4. The van der Waals surface area contributed by atoms with Gasteiger partial charge in [0, 0.05) is 48.0 Å². The van der Waals surface area contributed by atoms with Crippen molar-refractivity contribution in [3.05, 3.63) is 56.8 Å². The van der Waals surface area contributed by atoms with Gasteiger partial charge in [0.25, 0.3) is 11.5 Å². The van der Waals surface area contributed by atoms with Gasteiger partial charge < -0.3 is 14.5 Å². The van der Waals surface area contributed by atoms with Gasteiger partial charge in [-0.25, -0.2) is 14.4 Å². The van der Waals surface area contributed by atoms with Gasteiger partial charge in [-0.2, -0.15) is 0 Å². The maximum absolute atomic E-state index is 15.0. The molecule has 8 nitrogen and oxygen atoms in total. The van der Waals surface area contributed by atoms with E-state index < -0.39 is 11.4 Å². The second kappa shape index (κ2) is 9.06. The number of fused-ring (bicyclic) bond motifs is 4. The van der Waals surface area contributed by atoms with Gasteiger partial charge in [-0.1, -0.05) is 11.6 Å². The van der Waals surface area contributed by atoms with Crippen molar-refractivity contribution in [2.45, 2.75) is 45.1 Å². The number of hydrogen-bond acceptors (Lipinski definition) is 6. The topological polar surface area (TPSA) is 80.0 Å². The summed E-state index contributed by atoms with van der Waals surface area (Å²) in [5, 5.41) is 0.273. The molecule has 5 heterocycles. The lowest BCUT2D eigenvalue weighted by molar-refractivity contribution is -0.183. The van der Waals surface area contributed by atoms with Crippen molar-refractivity contribution in [3.63, 3.8) is 0 Å². The van der Waals surface area contributed by atoms with Crippen LogP contribution in [0.4, 0.5) is 10.2 Å². The highest BCUT2D eigenvalue weighted by Gasteiger charge is 2.49. The second-order valence-corrected chi connectivity index (χ2v) is 10.9. The first-order chi connectivity index (χ1) is 17.8. The number of aromatic nitrogens is 3. The van der Waals surface area contributed by atoms with E-state index in [0.717, 1.165) is 25.7 Å². The Kier molecular flexibility index (Phi) is 5.95. The molecule has 1 aliphatic carbocycles. The quantitative estimate of drug-likeness (QED) is 0.518. The van der Waals surface area contributed by atoms with Crippen LogP contribution in [0.2, 0.25) is 5.02 Å².